The Balaban J connectivity index is 2.14. The van der Waals surface area contributed by atoms with Crippen LogP contribution in [0, 0.1) is 11.8 Å². The second kappa shape index (κ2) is 7.63. The largest absolute Gasteiger partial charge is 0.492 e. The lowest BCUT2D eigenvalue weighted by Gasteiger charge is -2.35. The first-order valence-electron chi connectivity index (χ1n) is 8.03. The number of nitrogens with one attached hydrogen (secondary N) is 1. The maximum atomic E-state index is 5.60. The van der Waals surface area contributed by atoms with Gasteiger partial charge in [0.2, 0.25) is 0 Å². The molecule has 1 heterocycles. The summed E-state index contributed by atoms with van der Waals surface area (Å²) in [6.07, 6.45) is 7.79. The third-order valence-corrected chi connectivity index (χ3v) is 4.39. The van der Waals surface area contributed by atoms with Crippen LogP contribution in [-0.2, 0) is 0 Å². The lowest BCUT2D eigenvalue weighted by molar-refractivity contribution is 0.241. The second-order valence-electron chi connectivity index (χ2n) is 5.98. The molecule has 3 heteroatoms. The number of pyridine rings is 1. The summed E-state index contributed by atoms with van der Waals surface area (Å²) in [6.45, 7) is 9.44. The van der Waals surface area contributed by atoms with E-state index in [9.17, 15) is 0 Å². The smallest absolute Gasteiger partial charge is 0.137 e. The van der Waals surface area contributed by atoms with E-state index in [1.165, 1.54) is 24.8 Å². The molecule has 3 unspecified atom stereocenters. The van der Waals surface area contributed by atoms with E-state index in [1.54, 1.807) is 0 Å². The lowest BCUT2D eigenvalue weighted by Crippen LogP contribution is -2.31. The summed E-state index contributed by atoms with van der Waals surface area (Å²) in [5.41, 5.74) is 1.35. The van der Waals surface area contributed by atoms with Gasteiger partial charge in [0, 0.05) is 6.20 Å². The van der Waals surface area contributed by atoms with Crippen LogP contribution in [0.4, 0.5) is 0 Å². The van der Waals surface area contributed by atoms with Gasteiger partial charge in [-0.15, -0.1) is 0 Å². The van der Waals surface area contributed by atoms with Crippen LogP contribution >= 0.6 is 0 Å². The summed E-state index contributed by atoms with van der Waals surface area (Å²) in [7, 11) is 0. The number of hydrogen-bond acceptors (Lipinski definition) is 3. The van der Waals surface area contributed by atoms with Gasteiger partial charge in [-0.3, -0.25) is 4.98 Å². The number of aromatic nitrogens is 1. The van der Waals surface area contributed by atoms with E-state index in [0.717, 1.165) is 30.7 Å². The van der Waals surface area contributed by atoms with Crippen molar-refractivity contribution >= 4 is 0 Å². The number of nitrogens with zero attached hydrogens (tertiary/aromatic N) is 1. The molecule has 0 aromatic carbocycles. The molecule has 0 spiro atoms. The molecule has 1 fully saturated rings. The van der Waals surface area contributed by atoms with Crippen LogP contribution in [-0.4, -0.2) is 24.7 Å². The molecule has 1 aliphatic carbocycles. The molecule has 0 amide bonds. The van der Waals surface area contributed by atoms with Crippen molar-refractivity contribution in [1.82, 2.24) is 10.3 Å². The van der Waals surface area contributed by atoms with Crippen molar-refractivity contribution in [3.63, 3.8) is 0 Å². The molecule has 2 rings (SSSR count). The standard InChI is InChI=1S/C17H28N2O/c1-4-18-10-14-7-6-13(3)8-17(14)15-9-16(20-5-2)12-19-11-15/h9,11-14,17-18H,4-8,10H2,1-3H3. The second-order valence-corrected chi connectivity index (χ2v) is 5.98. The molecule has 0 bridgehead atoms. The molecule has 112 valence electrons. The minimum Gasteiger partial charge on any atom is -0.492 e. The normalized spacial score (nSPS) is 26.4. The SMILES string of the molecule is CCNCC1CCC(C)CC1c1cncc(OCC)c1. The first-order valence-corrected chi connectivity index (χ1v) is 8.03. The zero-order valence-electron chi connectivity index (χ0n) is 13.1. The van der Waals surface area contributed by atoms with Gasteiger partial charge in [0.25, 0.3) is 0 Å². The van der Waals surface area contributed by atoms with Crippen molar-refractivity contribution in [2.24, 2.45) is 11.8 Å². The Labute approximate surface area is 123 Å². The van der Waals surface area contributed by atoms with Gasteiger partial charge in [0.15, 0.2) is 0 Å². The number of hydrogen-bond donors (Lipinski definition) is 1. The monoisotopic (exact) mass is 276 g/mol. The quantitative estimate of drug-likeness (QED) is 0.862. The summed E-state index contributed by atoms with van der Waals surface area (Å²) in [5.74, 6) is 3.06. The van der Waals surface area contributed by atoms with Crippen LogP contribution in [0.25, 0.3) is 0 Å². The van der Waals surface area contributed by atoms with Gasteiger partial charge in [0.05, 0.1) is 12.8 Å². The van der Waals surface area contributed by atoms with Crippen LogP contribution in [0.2, 0.25) is 0 Å². The van der Waals surface area contributed by atoms with Crippen molar-refractivity contribution < 1.29 is 4.74 Å². The van der Waals surface area contributed by atoms with Gasteiger partial charge in [-0.2, -0.15) is 0 Å². The fraction of sp³-hybridized carbons (Fsp3) is 0.706. The highest BCUT2D eigenvalue weighted by Gasteiger charge is 2.29. The molecule has 1 aromatic rings. The zero-order valence-corrected chi connectivity index (χ0v) is 13.1. The lowest BCUT2D eigenvalue weighted by atomic mass is 9.72. The van der Waals surface area contributed by atoms with Crippen LogP contribution in [0.15, 0.2) is 18.5 Å². The van der Waals surface area contributed by atoms with Crippen LogP contribution in [0.3, 0.4) is 0 Å². The Morgan fingerprint density at radius 3 is 2.90 bits per heavy atom. The molecular formula is C17H28N2O. The fourth-order valence-corrected chi connectivity index (χ4v) is 3.31. The molecule has 20 heavy (non-hydrogen) atoms. The maximum absolute atomic E-state index is 5.60. The summed E-state index contributed by atoms with van der Waals surface area (Å²) < 4.78 is 5.60. The summed E-state index contributed by atoms with van der Waals surface area (Å²) >= 11 is 0. The molecular weight excluding hydrogens is 248 g/mol. The Hall–Kier alpha value is -1.09. The molecule has 3 atom stereocenters. The molecule has 0 aliphatic heterocycles. The average Bonchev–Trinajstić information content (AvgIpc) is 2.46. The van der Waals surface area contributed by atoms with Crippen molar-refractivity contribution in [2.75, 3.05) is 19.7 Å². The van der Waals surface area contributed by atoms with Gasteiger partial charge in [0.1, 0.15) is 5.75 Å². The van der Waals surface area contributed by atoms with Gasteiger partial charge in [-0.25, -0.2) is 0 Å². The highest BCUT2D eigenvalue weighted by molar-refractivity contribution is 5.27. The highest BCUT2D eigenvalue weighted by Crippen LogP contribution is 2.40. The van der Waals surface area contributed by atoms with Gasteiger partial charge in [-0.1, -0.05) is 20.3 Å². The van der Waals surface area contributed by atoms with E-state index < -0.39 is 0 Å². The average molecular weight is 276 g/mol. The summed E-state index contributed by atoms with van der Waals surface area (Å²) in [6, 6.07) is 2.19. The predicted octanol–water partition coefficient (Wildman–Crippen LogP) is 3.61. The van der Waals surface area contributed by atoms with Crippen molar-refractivity contribution in [3.05, 3.63) is 24.0 Å². The number of ether oxygens (including phenoxy) is 1. The highest BCUT2D eigenvalue weighted by atomic mass is 16.5. The summed E-state index contributed by atoms with van der Waals surface area (Å²) in [5, 5.41) is 3.52. The van der Waals surface area contributed by atoms with Crippen LogP contribution < -0.4 is 10.1 Å². The minimum absolute atomic E-state index is 0.616. The Bertz CT molecular complexity index is 406. The summed E-state index contributed by atoms with van der Waals surface area (Å²) in [4.78, 5) is 4.37. The number of rotatable bonds is 6. The Kier molecular flexibility index (Phi) is 5.84. The topological polar surface area (TPSA) is 34.2 Å². The van der Waals surface area contributed by atoms with E-state index in [1.807, 2.05) is 19.3 Å². The van der Waals surface area contributed by atoms with E-state index in [4.69, 9.17) is 4.74 Å². The van der Waals surface area contributed by atoms with Gasteiger partial charge in [-0.05, 0) is 62.2 Å². The molecule has 0 radical (unpaired) electrons. The van der Waals surface area contributed by atoms with Crippen molar-refractivity contribution in [2.45, 2.75) is 46.0 Å². The first-order chi connectivity index (χ1) is 9.74. The van der Waals surface area contributed by atoms with Crippen molar-refractivity contribution in [1.29, 1.82) is 0 Å². The maximum Gasteiger partial charge on any atom is 0.137 e. The Morgan fingerprint density at radius 1 is 1.30 bits per heavy atom. The fourth-order valence-electron chi connectivity index (χ4n) is 3.31. The molecule has 3 nitrogen and oxygen atoms in total. The van der Waals surface area contributed by atoms with Crippen molar-refractivity contribution in [3.8, 4) is 5.75 Å². The third-order valence-electron chi connectivity index (χ3n) is 4.39. The minimum atomic E-state index is 0.616. The van der Waals surface area contributed by atoms with E-state index in [0.29, 0.717) is 12.5 Å². The molecule has 1 aromatic heterocycles. The molecule has 1 aliphatic rings. The molecule has 0 saturated heterocycles. The van der Waals surface area contributed by atoms with E-state index in [-0.39, 0.29) is 0 Å². The van der Waals surface area contributed by atoms with Crippen LogP contribution in [0.5, 0.6) is 5.75 Å². The van der Waals surface area contributed by atoms with Gasteiger partial charge >= 0.3 is 0 Å². The van der Waals surface area contributed by atoms with E-state index in [2.05, 4.69) is 30.2 Å². The van der Waals surface area contributed by atoms with Gasteiger partial charge < -0.3 is 10.1 Å². The first kappa shape index (κ1) is 15.3. The van der Waals surface area contributed by atoms with Crippen LogP contribution in [0.1, 0.15) is 51.5 Å². The zero-order chi connectivity index (χ0) is 14.4. The van der Waals surface area contributed by atoms with E-state index >= 15 is 0 Å². The molecule has 1 saturated carbocycles. The molecule has 1 N–H and O–H groups in total. The predicted molar refractivity (Wildman–Crippen MR) is 83.2 cm³/mol. The third kappa shape index (κ3) is 3.95. The Morgan fingerprint density at radius 2 is 2.15 bits per heavy atom.